The molecule has 3 nitrogen and oxygen atoms in total. The second kappa shape index (κ2) is 6.61. The predicted octanol–water partition coefficient (Wildman–Crippen LogP) is 4.07. The molecule has 1 aromatic heterocycles. The van der Waals surface area contributed by atoms with Crippen molar-refractivity contribution < 1.29 is 0 Å². The van der Waals surface area contributed by atoms with Gasteiger partial charge in [-0.3, -0.25) is 4.68 Å². The molecular formula is C16H28BrN3. The van der Waals surface area contributed by atoms with Crippen molar-refractivity contribution in [2.45, 2.75) is 72.4 Å². The number of nitrogens with zero attached hydrogens (tertiary/aromatic N) is 2. The molecule has 4 heteroatoms. The first-order valence-corrected chi connectivity index (χ1v) is 8.72. The van der Waals surface area contributed by atoms with Crippen LogP contribution in [0.1, 0.15) is 57.8 Å². The molecule has 1 aliphatic rings. The van der Waals surface area contributed by atoms with Crippen LogP contribution < -0.4 is 5.32 Å². The monoisotopic (exact) mass is 341 g/mol. The summed E-state index contributed by atoms with van der Waals surface area (Å²) in [7, 11) is 0. The molecule has 0 spiro atoms. The average molecular weight is 342 g/mol. The lowest BCUT2D eigenvalue weighted by molar-refractivity contribution is 0.262. The van der Waals surface area contributed by atoms with E-state index in [1.54, 1.807) is 0 Å². The van der Waals surface area contributed by atoms with Crippen molar-refractivity contribution in [3.8, 4) is 0 Å². The highest BCUT2D eigenvalue weighted by molar-refractivity contribution is 9.10. The van der Waals surface area contributed by atoms with Crippen molar-refractivity contribution in [3.63, 3.8) is 0 Å². The normalized spacial score (nSPS) is 18.1. The van der Waals surface area contributed by atoms with Crippen LogP contribution in [0.5, 0.6) is 0 Å². The molecule has 1 N–H and O–H groups in total. The van der Waals surface area contributed by atoms with Crippen molar-refractivity contribution in [2.24, 2.45) is 5.41 Å². The summed E-state index contributed by atoms with van der Waals surface area (Å²) in [6.07, 6.45) is 6.56. The molecular weight excluding hydrogens is 314 g/mol. The smallest absolute Gasteiger partial charge is 0.0738 e. The quantitative estimate of drug-likeness (QED) is 0.844. The number of aromatic nitrogens is 2. The molecule has 20 heavy (non-hydrogen) atoms. The molecule has 1 heterocycles. The Balaban J connectivity index is 2.20. The zero-order chi connectivity index (χ0) is 14.8. The largest absolute Gasteiger partial charge is 0.314 e. The molecule has 0 unspecified atom stereocenters. The molecule has 0 atom stereocenters. The summed E-state index contributed by atoms with van der Waals surface area (Å²) in [5.74, 6) is 0. The maximum absolute atomic E-state index is 4.65. The van der Waals surface area contributed by atoms with Crippen LogP contribution in [0.3, 0.4) is 0 Å². The van der Waals surface area contributed by atoms with Crippen LogP contribution in [0.25, 0.3) is 0 Å². The first-order chi connectivity index (χ1) is 9.47. The molecule has 1 aliphatic carbocycles. The summed E-state index contributed by atoms with van der Waals surface area (Å²) >= 11 is 3.75. The highest BCUT2D eigenvalue weighted by atomic mass is 79.9. The van der Waals surface area contributed by atoms with Gasteiger partial charge in [-0.2, -0.15) is 5.10 Å². The van der Waals surface area contributed by atoms with Gasteiger partial charge in [-0.05, 0) is 54.5 Å². The molecule has 114 valence electrons. The van der Waals surface area contributed by atoms with Crippen LogP contribution in [-0.2, 0) is 13.0 Å². The Morgan fingerprint density at radius 1 is 1.35 bits per heavy atom. The van der Waals surface area contributed by atoms with Crippen molar-refractivity contribution in [1.29, 1.82) is 0 Å². The van der Waals surface area contributed by atoms with E-state index in [9.17, 15) is 0 Å². The number of hydrogen-bond acceptors (Lipinski definition) is 2. The Kier molecular flexibility index (Phi) is 5.30. The second-order valence-electron chi connectivity index (χ2n) is 6.58. The first-order valence-electron chi connectivity index (χ1n) is 7.92. The van der Waals surface area contributed by atoms with Crippen LogP contribution in [0, 0.1) is 12.3 Å². The van der Waals surface area contributed by atoms with Gasteiger partial charge in [-0.1, -0.05) is 26.7 Å². The number of rotatable bonds is 6. The van der Waals surface area contributed by atoms with Crippen LogP contribution >= 0.6 is 15.9 Å². The summed E-state index contributed by atoms with van der Waals surface area (Å²) in [6, 6.07) is 0.564. The van der Waals surface area contributed by atoms with Gasteiger partial charge in [-0.25, -0.2) is 0 Å². The third-order valence-corrected chi connectivity index (χ3v) is 5.58. The number of halogens is 1. The van der Waals surface area contributed by atoms with E-state index < -0.39 is 0 Å². The van der Waals surface area contributed by atoms with E-state index in [4.69, 9.17) is 0 Å². The van der Waals surface area contributed by atoms with Gasteiger partial charge >= 0.3 is 0 Å². The van der Waals surface area contributed by atoms with Crippen LogP contribution in [0.15, 0.2) is 4.47 Å². The van der Waals surface area contributed by atoms with Crippen molar-refractivity contribution in [1.82, 2.24) is 15.1 Å². The Morgan fingerprint density at radius 2 is 2.00 bits per heavy atom. The molecule has 0 radical (unpaired) electrons. The Labute approximate surface area is 131 Å². The van der Waals surface area contributed by atoms with Gasteiger partial charge in [0.25, 0.3) is 0 Å². The third-order valence-electron chi connectivity index (χ3n) is 4.54. The van der Waals surface area contributed by atoms with Gasteiger partial charge in [0, 0.05) is 19.1 Å². The summed E-state index contributed by atoms with van der Waals surface area (Å²) in [5.41, 5.74) is 2.93. The Morgan fingerprint density at radius 3 is 2.55 bits per heavy atom. The maximum atomic E-state index is 4.65. The summed E-state index contributed by atoms with van der Waals surface area (Å²) in [5, 5.41) is 8.31. The lowest BCUT2D eigenvalue weighted by Crippen LogP contribution is -2.37. The minimum absolute atomic E-state index is 0.423. The molecule has 1 fully saturated rings. The SMILES string of the molecule is CCn1nc(C)c(Br)c1CC1(CNC(C)C)CCCC1. The van der Waals surface area contributed by atoms with Gasteiger partial charge in [0.1, 0.15) is 0 Å². The van der Waals surface area contributed by atoms with Gasteiger partial charge in [0.05, 0.1) is 15.9 Å². The van der Waals surface area contributed by atoms with E-state index in [1.165, 1.54) is 35.8 Å². The molecule has 0 bridgehead atoms. The standard InChI is InChI=1S/C16H28BrN3/c1-5-20-14(15(17)13(4)19-20)10-16(8-6-7-9-16)11-18-12(2)3/h12,18H,5-11H2,1-4H3. The fourth-order valence-corrected chi connectivity index (χ4v) is 3.78. The molecule has 0 amide bonds. The highest BCUT2D eigenvalue weighted by Gasteiger charge is 2.35. The Bertz CT molecular complexity index is 445. The minimum Gasteiger partial charge on any atom is -0.314 e. The molecule has 1 saturated carbocycles. The molecule has 2 rings (SSSR count). The van der Waals surface area contributed by atoms with Crippen LogP contribution in [0.2, 0.25) is 0 Å². The zero-order valence-corrected chi connectivity index (χ0v) is 14.9. The lowest BCUT2D eigenvalue weighted by atomic mass is 9.81. The molecule has 0 aromatic carbocycles. The topological polar surface area (TPSA) is 29.9 Å². The van der Waals surface area contributed by atoms with Gasteiger partial charge in [-0.15, -0.1) is 0 Å². The number of nitrogens with one attached hydrogen (secondary N) is 1. The minimum atomic E-state index is 0.423. The number of hydrogen-bond donors (Lipinski definition) is 1. The van der Waals surface area contributed by atoms with E-state index >= 15 is 0 Å². The maximum Gasteiger partial charge on any atom is 0.0738 e. The predicted molar refractivity (Wildman–Crippen MR) is 88.1 cm³/mol. The third kappa shape index (κ3) is 3.45. The lowest BCUT2D eigenvalue weighted by Gasteiger charge is -2.31. The number of aryl methyl sites for hydroxylation is 2. The van der Waals surface area contributed by atoms with E-state index in [0.717, 1.165) is 25.2 Å². The fraction of sp³-hybridized carbons (Fsp3) is 0.812. The highest BCUT2D eigenvalue weighted by Crippen LogP contribution is 2.42. The summed E-state index contributed by atoms with van der Waals surface area (Å²) < 4.78 is 3.39. The summed E-state index contributed by atoms with van der Waals surface area (Å²) in [4.78, 5) is 0. The van der Waals surface area contributed by atoms with Crippen LogP contribution in [-0.4, -0.2) is 22.4 Å². The van der Waals surface area contributed by atoms with E-state index in [-0.39, 0.29) is 0 Å². The van der Waals surface area contributed by atoms with Gasteiger partial charge < -0.3 is 5.32 Å². The van der Waals surface area contributed by atoms with Crippen molar-refractivity contribution >= 4 is 15.9 Å². The fourth-order valence-electron chi connectivity index (χ4n) is 3.35. The molecule has 1 aromatic rings. The summed E-state index contributed by atoms with van der Waals surface area (Å²) in [6.45, 7) is 10.8. The van der Waals surface area contributed by atoms with E-state index in [1.807, 2.05) is 0 Å². The van der Waals surface area contributed by atoms with Crippen molar-refractivity contribution in [2.75, 3.05) is 6.54 Å². The van der Waals surface area contributed by atoms with E-state index in [0.29, 0.717) is 11.5 Å². The average Bonchev–Trinajstić information content (AvgIpc) is 2.97. The molecule has 0 saturated heterocycles. The van der Waals surface area contributed by atoms with Crippen LogP contribution in [0.4, 0.5) is 0 Å². The second-order valence-corrected chi connectivity index (χ2v) is 7.37. The molecule has 0 aliphatic heterocycles. The van der Waals surface area contributed by atoms with Gasteiger partial charge in [0.15, 0.2) is 0 Å². The first kappa shape index (κ1) is 16.0. The Hall–Kier alpha value is -0.350. The van der Waals surface area contributed by atoms with Crippen molar-refractivity contribution in [3.05, 3.63) is 15.9 Å². The van der Waals surface area contributed by atoms with E-state index in [2.05, 4.69) is 58.7 Å². The van der Waals surface area contributed by atoms with Gasteiger partial charge in [0.2, 0.25) is 0 Å². The zero-order valence-electron chi connectivity index (χ0n) is 13.3.